The molecule has 12 heteroatoms. The van der Waals surface area contributed by atoms with E-state index in [2.05, 4.69) is 12.2 Å². The predicted octanol–water partition coefficient (Wildman–Crippen LogP) is 2.15. The Morgan fingerprint density at radius 1 is 1.29 bits per heavy atom. The van der Waals surface area contributed by atoms with Crippen molar-refractivity contribution >= 4 is 57.8 Å². The van der Waals surface area contributed by atoms with E-state index in [0.29, 0.717) is 29.4 Å². The third-order valence-corrected chi connectivity index (χ3v) is 8.94. The lowest BCUT2D eigenvalue weighted by Gasteiger charge is -2.49. The highest BCUT2D eigenvalue weighted by atomic mass is 32.2. The number of carboxylic acids is 1. The molecule has 0 radical (unpaired) electrons. The molecule has 1 aromatic rings. The Kier molecular flexibility index (Phi) is 7.41. The summed E-state index contributed by atoms with van der Waals surface area (Å²) in [5.74, 6) is -0.829. The van der Waals surface area contributed by atoms with Crippen molar-refractivity contribution < 1.29 is 24.6 Å². The lowest BCUT2D eigenvalue weighted by molar-refractivity contribution is -0.151. The molecular weight excluding hydrogens is 496 g/mol. The largest absolute Gasteiger partial charge is 0.508 e. The van der Waals surface area contributed by atoms with Crippen LogP contribution in [-0.4, -0.2) is 83.3 Å². The van der Waals surface area contributed by atoms with Crippen molar-refractivity contribution in [3.8, 4) is 5.75 Å². The van der Waals surface area contributed by atoms with Crippen LogP contribution in [0.3, 0.4) is 0 Å². The predicted molar refractivity (Wildman–Crippen MR) is 135 cm³/mol. The average molecular weight is 523 g/mol. The van der Waals surface area contributed by atoms with E-state index in [1.54, 1.807) is 19.1 Å². The van der Waals surface area contributed by atoms with Gasteiger partial charge < -0.3 is 20.4 Å². The molecule has 0 bridgehead atoms. The molecule has 0 aliphatic carbocycles. The van der Waals surface area contributed by atoms with Crippen LogP contribution in [0.2, 0.25) is 0 Å². The summed E-state index contributed by atoms with van der Waals surface area (Å²) in [6.45, 7) is 5.00. The zero-order valence-corrected chi connectivity index (χ0v) is 21.2. The van der Waals surface area contributed by atoms with Crippen LogP contribution in [0.4, 0.5) is 0 Å². The molecule has 3 aliphatic rings. The van der Waals surface area contributed by atoms with Gasteiger partial charge in [0.25, 0.3) is 5.91 Å². The van der Waals surface area contributed by atoms with Crippen molar-refractivity contribution in [2.45, 2.75) is 37.7 Å². The minimum atomic E-state index is -1.14. The van der Waals surface area contributed by atoms with E-state index in [1.165, 1.54) is 40.6 Å². The van der Waals surface area contributed by atoms with Gasteiger partial charge in [-0.05, 0) is 36.6 Å². The Balaban J connectivity index is 1.56. The number of aliphatic carboxylic acids is 1. The van der Waals surface area contributed by atoms with Crippen LogP contribution in [0.15, 0.2) is 35.5 Å². The molecule has 182 valence electrons. The first-order valence-corrected chi connectivity index (χ1v) is 13.3. The van der Waals surface area contributed by atoms with E-state index in [-0.39, 0.29) is 17.4 Å². The Bertz CT molecular complexity index is 1050. The van der Waals surface area contributed by atoms with E-state index < -0.39 is 29.3 Å². The number of β-lactam (4-membered cyclic amide) rings is 1. The fourth-order valence-corrected chi connectivity index (χ4v) is 6.77. The molecule has 34 heavy (non-hydrogen) atoms. The Morgan fingerprint density at radius 3 is 2.65 bits per heavy atom. The van der Waals surface area contributed by atoms with E-state index in [4.69, 9.17) is 12.2 Å². The number of phenols is 1. The van der Waals surface area contributed by atoms with Crippen LogP contribution >= 0.6 is 35.7 Å². The first-order valence-electron chi connectivity index (χ1n) is 10.9. The number of benzene rings is 1. The summed E-state index contributed by atoms with van der Waals surface area (Å²) in [5.41, 5.74) is 1.32. The molecule has 0 spiro atoms. The Labute approximate surface area is 211 Å². The maximum Gasteiger partial charge on any atom is 0.352 e. The summed E-state index contributed by atoms with van der Waals surface area (Å²) in [5, 5.41) is 21.7. The minimum absolute atomic E-state index is 0.00508. The number of phenolic OH excluding ortho intramolecular Hbond substituents is 1. The van der Waals surface area contributed by atoms with Crippen molar-refractivity contribution in [2.24, 2.45) is 0 Å². The summed E-state index contributed by atoms with van der Waals surface area (Å²) in [6.07, 6.45) is 0.911. The third-order valence-electron chi connectivity index (χ3n) is 5.94. The summed E-state index contributed by atoms with van der Waals surface area (Å²) in [7, 11) is 0. The SMILES string of the molecule is CCCN1CN([C@H](C(=O)N[C@H]2C(=O)N3C(C(=O)O)=C(C)CS[C@H]23)c2ccc(O)cc2)CSC1=S. The number of thioether (sulfide) groups is 2. The van der Waals surface area contributed by atoms with Crippen LogP contribution < -0.4 is 5.32 Å². The van der Waals surface area contributed by atoms with Crippen molar-refractivity contribution in [3.05, 3.63) is 41.1 Å². The molecule has 9 nitrogen and oxygen atoms in total. The number of aromatic hydroxyl groups is 1. The summed E-state index contributed by atoms with van der Waals surface area (Å²) in [4.78, 5) is 43.4. The van der Waals surface area contributed by atoms with Gasteiger partial charge in [-0.15, -0.1) is 11.8 Å². The van der Waals surface area contributed by atoms with Gasteiger partial charge in [0.15, 0.2) is 0 Å². The Hall–Kier alpha value is -2.28. The Morgan fingerprint density at radius 2 is 2.00 bits per heavy atom. The maximum atomic E-state index is 13.6. The number of carbonyl (C=O) groups excluding carboxylic acids is 2. The molecular formula is C22H26N4O5S3. The van der Waals surface area contributed by atoms with Gasteiger partial charge >= 0.3 is 5.97 Å². The molecule has 1 aromatic carbocycles. The average Bonchev–Trinajstić information content (AvgIpc) is 2.80. The van der Waals surface area contributed by atoms with Crippen molar-refractivity contribution in [1.82, 2.24) is 20.0 Å². The lowest BCUT2D eigenvalue weighted by atomic mass is 10.0. The zero-order valence-electron chi connectivity index (χ0n) is 18.8. The van der Waals surface area contributed by atoms with Gasteiger partial charge in [0.1, 0.15) is 33.2 Å². The monoisotopic (exact) mass is 522 g/mol. The number of carboxylic acid groups (broad SMARTS) is 1. The topological polar surface area (TPSA) is 113 Å². The van der Waals surface area contributed by atoms with Crippen LogP contribution in [0, 0.1) is 0 Å². The van der Waals surface area contributed by atoms with Crippen LogP contribution in [0.5, 0.6) is 5.75 Å². The minimum Gasteiger partial charge on any atom is -0.508 e. The highest BCUT2D eigenvalue weighted by molar-refractivity contribution is 8.22. The van der Waals surface area contributed by atoms with Crippen molar-refractivity contribution in [1.29, 1.82) is 0 Å². The smallest absolute Gasteiger partial charge is 0.352 e. The van der Waals surface area contributed by atoms with E-state index >= 15 is 0 Å². The number of thiocarbonyl (C=S) groups is 1. The molecule has 2 fully saturated rings. The second kappa shape index (κ2) is 10.1. The van der Waals surface area contributed by atoms with Gasteiger partial charge in [-0.1, -0.05) is 43.0 Å². The molecule has 0 saturated carbocycles. The molecule has 3 N–H and O–H groups in total. The maximum absolute atomic E-state index is 13.6. The molecule has 4 rings (SSSR count). The van der Waals surface area contributed by atoms with Crippen LogP contribution in [0.1, 0.15) is 31.9 Å². The molecule has 0 unspecified atom stereocenters. The van der Waals surface area contributed by atoms with Crippen LogP contribution in [-0.2, 0) is 14.4 Å². The summed E-state index contributed by atoms with van der Waals surface area (Å²) < 4.78 is 0.787. The molecule has 2 amide bonds. The van der Waals surface area contributed by atoms with E-state index in [0.717, 1.165) is 17.3 Å². The number of nitrogens with one attached hydrogen (secondary N) is 1. The van der Waals surface area contributed by atoms with E-state index in [9.17, 15) is 24.6 Å². The van der Waals surface area contributed by atoms with Gasteiger partial charge in [0, 0.05) is 12.3 Å². The molecule has 3 heterocycles. The normalized spacial score (nSPS) is 23.9. The fourth-order valence-electron chi connectivity index (χ4n) is 4.33. The standard InChI is InChI=1S/C22H26N4O5S3/c1-3-8-24-10-25(11-34-22(24)32)17(13-4-6-14(27)7-5-13)18(28)23-15-19(29)26-16(21(30)31)12(2)9-33-20(15)26/h4-7,15,17,20,27H,3,8-11H2,1-2H3,(H,23,28)(H,30,31)/t15-,17-,20+/m0/s1. The zero-order chi connectivity index (χ0) is 24.6. The molecule has 3 atom stereocenters. The number of rotatable bonds is 7. The number of carbonyl (C=O) groups is 3. The van der Waals surface area contributed by atoms with Gasteiger partial charge in [-0.3, -0.25) is 19.4 Å². The molecule has 3 aliphatic heterocycles. The second-order valence-corrected chi connectivity index (χ2v) is 11.0. The lowest BCUT2D eigenvalue weighted by Crippen LogP contribution is -2.71. The van der Waals surface area contributed by atoms with Crippen molar-refractivity contribution in [2.75, 3.05) is 24.8 Å². The molecule has 2 saturated heterocycles. The number of fused-ring (bicyclic) bond motifs is 1. The van der Waals surface area contributed by atoms with Crippen molar-refractivity contribution in [3.63, 3.8) is 0 Å². The summed E-state index contributed by atoms with van der Waals surface area (Å²) >= 11 is 8.40. The number of amides is 2. The summed E-state index contributed by atoms with van der Waals surface area (Å²) in [6, 6.07) is 4.94. The highest BCUT2D eigenvalue weighted by Gasteiger charge is 2.54. The van der Waals surface area contributed by atoms with Gasteiger partial charge in [-0.25, -0.2) is 4.79 Å². The first kappa shape index (κ1) is 24.8. The van der Waals surface area contributed by atoms with Gasteiger partial charge in [0.2, 0.25) is 5.91 Å². The van der Waals surface area contributed by atoms with E-state index in [1.807, 2.05) is 9.80 Å². The molecule has 0 aromatic heterocycles. The third kappa shape index (κ3) is 4.64. The van der Waals surface area contributed by atoms with Gasteiger partial charge in [-0.2, -0.15) is 0 Å². The number of hydrogen-bond acceptors (Lipinski definition) is 8. The fraction of sp³-hybridized carbons (Fsp3) is 0.455. The first-order chi connectivity index (χ1) is 16.2. The highest BCUT2D eigenvalue weighted by Crippen LogP contribution is 2.40. The number of hydrogen-bond donors (Lipinski definition) is 3. The second-order valence-electron chi connectivity index (χ2n) is 8.36. The van der Waals surface area contributed by atoms with Crippen LogP contribution in [0.25, 0.3) is 0 Å². The van der Waals surface area contributed by atoms with Gasteiger partial charge in [0.05, 0.1) is 12.5 Å². The number of nitrogens with zero attached hydrogens (tertiary/aromatic N) is 3. The quantitative estimate of drug-likeness (QED) is 0.364.